The summed E-state index contributed by atoms with van der Waals surface area (Å²) in [5, 5.41) is 3.57. The number of pyridine rings is 1. The van der Waals surface area contributed by atoms with E-state index in [0.717, 1.165) is 36.3 Å². The van der Waals surface area contributed by atoms with Gasteiger partial charge in [0.05, 0.1) is 0 Å². The Balaban J connectivity index is 1.59. The van der Waals surface area contributed by atoms with E-state index in [9.17, 15) is 4.79 Å². The summed E-state index contributed by atoms with van der Waals surface area (Å²) in [6, 6.07) is 6.42. The number of aromatic nitrogens is 1. The molecule has 0 fully saturated rings. The number of rotatable bonds is 7. The molecule has 1 aliphatic rings. The molecule has 3 nitrogen and oxygen atoms in total. The van der Waals surface area contributed by atoms with Crippen LogP contribution in [0, 0.1) is 6.92 Å². The molecule has 4 heteroatoms. The zero-order valence-corrected chi connectivity index (χ0v) is 16.1. The Labute approximate surface area is 154 Å². The Hall–Kier alpha value is -1.65. The summed E-state index contributed by atoms with van der Waals surface area (Å²) in [7, 11) is 0. The second-order valence-corrected chi connectivity index (χ2v) is 7.99. The van der Waals surface area contributed by atoms with E-state index in [-0.39, 0.29) is 5.56 Å². The zero-order chi connectivity index (χ0) is 17.6. The normalized spacial score (nSPS) is 14.6. The molecule has 0 aliphatic heterocycles. The Morgan fingerprint density at radius 3 is 2.92 bits per heavy atom. The van der Waals surface area contributed by atoms with Gasteiger partial charge in [-0.25, -0.2) is 0 Å². The highest BCUT2D eigenvalue weighted by atomic mass is 32.1. The third-order valence-corrected chi connectivity index (χ3v) is 6.05. The van der Waals surface area contributed by atoms with E-state index in [4.69, 9.17) is 0 Å². The van der Waals surface area contributed by atoms with E-state index in [1.807, 2.05) is 31.3 Å². The van der Waals surface area contributed by atoms with Crippen molar-refractivity contribution < 1.29 is 0 Å². The molecular formula is C21H28N2OS. The van der Waals surface area contributed by atoms with E-state index in [1.165, 1.54) is 41.9 Å². The van der Waals surface area contributed by atoms with Crippen molar-refractivity contribution in [3.8, 4) is 10.4 Å². The lowest BCUT2D eigenvalue weighted by atomic mass is 9.97. The van der Waals surface area contributed by atoms with Crippen molar-refractivity contribution in [2.24, 2.45) is 0 Å². The predicted octanol–water partition coefficient (Wildman–Crippen LogP) is 4.95. The van der Waals surface area contributed by atoms with E-state index < -0.39 is 0 Å². The Morgan fingerprint density at radius 1 is 1.28 bits per heavy atom. The number of thiophene rings is 1. The summed E-state index contributed by atoms with van der Waals surface area (Å²) in [5.74, 6) is 0. The number of aromatic amines is 1. The minimum Gasteiger partial charge on any atom is -0.326 e. The average molecular weight is 357 g/mol. The van der Waals surface area contributed by atoms with Gasteiger partial charge in [0.15, 0.2) is 0 Å². The lowest BCUT2D eigenvalue weighted by Crippen LogP contribution is -2.14. The smallest absolute Gasteiger partial charge is 0.251 e. The number of H-pyrrole nitrogens is 1. The maximum Gasteiger partial charge on any atom is 0.251 e. The third-order valence-electron chi connectivity index (χ3n) is 4.93. The van der Waals surface area contributed by atoms with Crippen LogP contribution in [0.5, 0.6) is 0 Å². The van der Waals surface area contributed by atoms with Crippen LogP contribution in [0.3, 0.4) is 0 Å². The fourth-order valence-corrected chi connectivity index (χ4v) is 4.45. The molecule has 25 heavy (non-hydrogen) atoms. The molecule has 1 aliphatic carbocycles. The zero-order valence-electron chi connectivity index (χ0n) is 15.3. The third kappa shape index (κ3) is 4.71. The van der Waals surface area contributed by atoms with Crippen LogP contribution in [0.1, 0.15) is 55.2 Å². The quantitative estimate of drug-likeness (QED) is 0.544. The van der Waals surface area contributed by atoms with Crippen LogP contribution >= 0.6 is 11.3 Å². The van der Waals surface area contributed by atoms with Crippen molar-refractivity contribution in [1.82, 2.24) is 10.3 Å². The van der Waals surface area contributed by atoms with E-state index >= 15 is 0 Å². The first kappa shape index (κ1) is 18.2. The van der Waals surface area contributed by atoms with Crippen molar-refractivity contribution in [3.05, 3.63) is 56.3 Å². The molecule has 134 valence electrons. The van der Waals surface area contributed by atoms with Crippen LogP contribution < -0.4 is 10.9 Å². The highest BCUT2D eigenvalue weighted by molar-refractivity contribution is 7.15. The summed E-state index contributed by atoms with van der Waals surface area (Å²) in [6.07, 6.45) is 9.64. The first-order valence-electron chi connectivity index (χ1n) is 9.38. The van der Waals surface area contributed by atoms with Gasteiger partial charge < -0.3 is 10.3 Å². The summed E-state index contributed by atoms with van der Waals surface area (Å²) < 4.78 is 0. The molecule has 0 aromatic carbocycles. The molecule has 0 unspecified atom stereocenters. The van der Waals surface area contributed by atoms with Gasteiger partial charge in [0.25, 0.3) is 5.56 Å². The van der Waals surface area contributed by atoms with Crippen LogP contribution in [-0.2, 0) is 13.0 Å². The molecule has 0 radical (unpaired) electrons. The molecule has 2 aromatic rings. The molecule has 2 heterocycles. The maximum atomic E-state index is 11.9. The molecule has 0 saturated carbocycles. The largest absolute Gasteiger partial charge is 0.326 e. The van der Waals surface area contributed by atoms with Crippen molar-refractivity contribution in [2.45, 2.75) is 58.9 Å². The molecule has 0 bridgehead atoms. The van der Waals surface area contributed by atoms with Gasteiger partial charge in [0.2, 0.25) is 0 Å². The second kappa shape index (κ2) is 8.63. The van der Waals surface area contributed by atoms with Gasteiger partial charge in [-0.1, -0.05) is 18.6 Å². The van der Waals surface area contributed by atoms with E-state index in [0.29, 0.717) is 0 Å². The van der Waals surface area contributed by atoms with E-state index in [1.54, 1.807) is 5.57 Å². The Bertz CT molecular complexity index is 800. The van der Waals surface area contributed by atoms with Crippen molar-refractivity contribution >= 4 is 11.3 Å². The monoisotopic (exact) mass is 356 g/mol. The van der Waals surface area contributed by atoms with Gasteiger partial charge in [-0.2, -0.15) is 0 Å². The fourth-order valence-electron chi connectivity index (χ4n) is 3.39. The predicted molar refractivity (Wildman–Crippen MR) is 107 cm³/mol. The lowest BCUT2D eigenvalue weighted by Gasteiger charge is -2.12. The van der Waals surface area contributed by atoms with Crippen LogP contribution in [-0.4, -0.2) is 11.5 Å². The number of hydrogen-bond donors (Lipinski definition) is 2. The van der Waals surface area contributed by atoms with Gasteiger partial charge >= 0.3 is 0 Å². The SMILES string of the molecule is CCc1cc(-c2ccc(CNCCC3=CCCCC3)s2)c(C)[nH]c1=O. The minimum atomic E-state index is 0.0409. The van der Waals surface area contributed by atoms with Crippen LogP contribution in [0.25, 0.3) is 10.4 Å². The molecule has 0 spiro atoms. The van der Waals surface area contributed by atoms with E-state index in [2.05, 4.69) is 28.5 Å². The van der Waals surface area contributed by atoms with Gasteiger partial charge in [0, 0.05) is 33.1 Å². The average Bonchev–Trinajstić information content (AvgIpc) is 3.08. The highest BCUT2D eigenvalue weighted by Crippen LogP contribution is 2.30. The van der Waals surface area contributed by atoms with Crippen molar-refractivity contribution in [3.63, 3.8) is 0 Å². The lowest BCUT2D eigenvalue weighted by molar-refractivity contribution is 0.635. The second-order valence-electron chi connectivity index (χ2n) is 6.82. The van der Waals surface area contributed by atoms with Gasteiger partial charge in [-0.15, -0.1) is 11.3 Å². The molecule has 2 N–H and O–H groups in total. The van der Waals surface area contributed by atoms with Gasteiger partial charge in [-0.05, 0) is 70.2 Å². The number of aryl methyl sites for hydroxylation is 2. The van der Waals surface area contributed by atoms with Crippen LogP contribution in [0.2, 0.25) is 0 Å². The van der Waals surface area contributed by atoms with Crippen LogP contribution in [0.4, 0.5) is 0 Å². The molecule has 0 saturated heterocycles. The fraction of sp³-hybridized carbons (Fsp3) is 0.476. The molecule has 0 atom stereocenters. The summed E-state index contributed by atoms with van der Waals surface area (Å²) in [5.41, 5.74) is 4.63. The Morgan fingerprint density at radius 2 is 2.16 bits per heavy atom. The van der Waals surface area contributed by atoms with Crippen molar-refractivity contribution in [2.75, 3.05) is 6.54 Å². The molecule has 2 aromatic heterocycles. The summed E-state index contributed by atoms with van der Waals surface area (Å²) >= 11 is 1.81. The first-order valence-corrected chi connectivity index (χ1v) is 10.2. The van der Waals surface area contributed by atoms with Crippen LogP contribution in [0.15, 0.2) is 34.6 Å². The number of hydrogen-bond acceptors (Lipinski definition) is 3. The topological polar surface area (TPSA) is 44.9 Å². The maximum absolute atomic E-state index is 11.9. The number of allylic oxidation sites excluding steroid dienone is 1. The van der Waals surface area contributed by atoms with Gasteiger partial charge in [-0.3, -0.25) is 4.79 Å². The molecular weight excluding hydrogens is 328 g/mol. The van der Waals surface area contributed by atoms with Gasteiger partial charge in [0.1, 0.15) is 0 Å². The van der Waals surface area contributed by atoms with Crippen molar-refractivity contribution in [1.29, 1.82) is 0 Å². The highest BCUT2D eigenvalue weighted by Gasteiger charge is 2.09. The molecule has 0 amide bonds. The Kier molecular flexibility index (Phi) is 6.27. The molecule has 3 rings (SSSR count). The summed E-state index contributed by atoms with van der Waals surface area (Å²) in [4.78, 5) is 17.5. The first-order chi connectivity index (χ1) is 12.2. The number of nitrogens with one attached hydrogen (secondary N) is 2. The standard InChI is InChI=1S/C21H28N2OS/c1-3-17-13-19(15(2)23-21(17)24)20-10-9-18(25-20)14-22-12-11-16-7-5-4-6-8-16/h7,9-10,13,22H,3-6,8,11-12,14H2,1-2H3,(H,23,24). The minimum absolute atomic E-state index is 0.0409. The summed E-state index contributed by atoms with van der Waals surface area (Å²) in [6.45, 7) is 5.97.